The van der Waals surface area contributed by atoms with Gasteiger partial charge in [-0.25, -0.2) is 9.07 Å². The van der Waals surface area contributed by atoms with Crippen molar-refractivity contribution in [2.24, 2.45) is 0 Å². The van der Waals surface area contributed by atoms with Crippen molar-refractivity contribution in [2.75, 3.05) is 0 Å². The second kappa shape index (κ2) is 6.58. The van der Waals surface area contributed by atoms with Gasteiger partial charge in [0, 0.05) is 11.6 Å². The Morgan fingerprint density at radius 2 is 1.83 bits per heavy atom. The number of nitrogens with one attached hydrogen (secondary N) is 1. The highest BCUT2D eigenvalue weighted by Gasteiger charge is 2.11. The summed E-state index contributed by atoms with van der Waals surface area (Å²) in [7, 11) is 0. The van der Waals surface area contributed by atoms with Crippen LogP contribution in [-0.4, -0.2) is 20.9 Å². The molecule has 5 nitrogen and oxygen atoms in total. The summed E-state index contributed by atoms with van der Waals surface area (Å²) in [6.45, 7) is 0.285. The maximum absolute atomic E-state index is 12.8. The zero-order valence-corrected chi connectivity index (χ0v) is 12.7. The first-order valence-electron chi connectivity index (χ1n) is 6.83. The van der Waals surface area contributed by atoms with Gasteiger partial charge in [-0.1, -0.05) is 28.9 Å². The predicted molar refractivity (Wildman–Crippen MR) is 83.9 cm³/mol. The highest BCUT2D eigenvalue weighted by molar-refractivity contribution is 6.30. The van der Waals surface area contributed by atoms with E-state index in [0.717, 1.165) is 11.3 Å². The Balaban J connectivity index is 1.66. The minimum atomic E-state index is -0.352. The van der Waals surface area contributed by atoms with Crippen molar-refractivity contribution in [3.05, 3.63) is 76.8 Å². The number of aromatic nitrogens is 3. The number of halogens is 2. The number of amides is 1. The molecule has 0 atom stereocenters. The van der Waals surface area contributed by atoms with E-state index in [9.17, 15) is 9.18 Å². The van der Waals surface area contributed by atoms with E-state index in [2.05, 4.69) is 15.6 Å². The van der Waals surface area contributed by atoms with Crippen LogP contribution in [0.3, 0.4) is 0 Å². The topological polar surface area (TPSA) is 59.8 Å². The van der Waals surface area contributed by atoms with Crippen molar-refractivity contribution in [1.82, 2.24) is 20.3 Å². The van der Waals surface area contributed by atoms with Crippen LogP contribution < -0.4 is 5.32 Å². The third-order valence-corrected chi connectivity index (χ3v) is 3.44. The Morgan fingerprint density at radius 1 is 1.13 bits per heavy atom. The number of carbonyl (C=O) groups excluding carboxylic acids is 1. The van der Waals surface area contributed by atoms with Crippen molar-refractivity contribution in [3.63, 3.8) is 0 Å². The molecular weight excluding hydrogens is 319 g/mol. The van der Waals surface area contributed by atoms with Crippen LogP contribution in [0.2, 0.25) is 5.02 Å². The number of rotatable bonds is 4. The maximum atomic E-state index is 12.8. The van der Waals surface area contributed by atoms with Crippen LogP contribution in [0, 0.1) is 5.82 Å². The molecule has 0 saturated carbocycles. The monoisotopic (exact) mass is 330 g/mol. The molecule has 0 fully saturated rings. The molecule has 7 heteroatoms. The molecule has 0 bridgehead atoms. The molecule has 0 saturated heterocycles. The van der Waals surface area contributed by atoms with Crippen molar-refractivity contribution in [3.8, 4) is 5.69 Å². The summed E-state index contributed by atoms with van der Waals surface area (Å²) < 4.78 is 14.3. The van der Waals surface area contributed by atoms with Crippen LogP contribution >= 0.6 is 11.6 Å². The van der Waals surface area contributed by atoms with Gasteiger partial charge >= 0.3 is 0 Å². The van der Waals surface area contributed by atoms with Crippen LogP contribution in [-0.2, 0) is 6.54 Å². The molecule has 3 aromatic rings. The summed E-state index contributed by atoms with van der Waals surface area (Å²) in [6.07, 6.45) is 1.53. The van der Waals surface area contributed by atoms with Gasteiger partial charge in [0.1, 0.15) is 5.82 Å². The minimum absolute atomic E-state index is 0.196. The molecular formula is C16H12ClFN4O. The number of nitrogens with zero attached hydrogens (tertiary/aromatic N) is 3. The normalized spacial score (nSPS) is 10.5. The van der Waals surface area contributed by atoms with Gasteiger partial charge in [-0.15, -0.1) is 5.10 Å². The SMILES string of the molecule is O=C(NCc1ccc(F)cc1)c1cn(-c2ccc(Cl)cc2)nn1. The van der Waals surface area contributed by atoms with E-state index in [-0.39, 0.29) is 24.0 Å². The summed E-state index contributed by atoms with van der Waals surface area (Å²) >= 11 is 5.83. The number of hydrogen-bond acceptors (Lipinski definition) is 3. The predicted octanol–water partition coefficient (Wildman–Crippen LogP) is 2.99. The quantitative estimate of drug-likeness (QED) is 0.800. The average molecular weight is 331 g/mol. The first kappa shape index (κ1) is 15.2. The van der Waals surface area contributed by atoms with E-state index in [4.69, 9.17) is 11.6 Å². The minimum Gasteiger partial charge on any atom is -0.347 e. The Morgan fingerprint density at radius 3 is 2.52 bits per heavy atom. The summed E-state index contributed by atoms with van der Waals surface area (Å²) in [4.78, 5) is 12.1. The van der Waals surface area contributed by atoms with Crippen LogP contribution in [0.25, 0.3) is 5.69 Å². The lowest BCUT2D eigenvalue weighted by molar-refractivity contribution is 0.0946. The fraction of sp³-hybridized carbons (Fsp3) is 0.0625. The van der Waals surface area contributed by atoms with Gasteiger partial charge in [0.15, 0.2) is 5.69 Å². The van der Waals surface area contributed by atoms with Crippen LogP contribution in [0.15, 0.2) is 54.7 Å². The van der Waals surface area contributed by atoms with Gasteiger partial charge < -0.3 is 5.32 Å². The zero-order chi connectivity index (χ0) is 16.2. The van der Waals surface area contributed by atoms with Crippen LogP contribution in [0.1, 0.15) is 16.1 Å². The Labute approximate surface area is 136 Å². The Hall–Kier alpha value is -2.73. The van der Waals surface area contributed by atoms with Crippen molar-refractivity contribution >= 4 is 17.5 Å². The third kappa shape index (κ3) is 3.73. The molecule has 0 unspecified atom stereocenters. The van der Waals surface area contributed by atoms with Crippen molar-refractivity contribution < 1.29 is 9.18 Å². The van der Waals surface area contributed by atoms with E-state index in [1.54, 1.807) is 36.4 Å². The average Bonchev–Trinajstić information content (AvgIpc) is 3.05. The molecule has 0 aliphatic carbocycles. The zero-order valence-electron chi connectivity index (χ0n) is 11.9. The summed E-state index contributed by atoms with van der Waals surface area (Å²) in [5.41, 5.74) is 1.74. The molecule has 0 radical (unpaired) electrons. The van der Waals surface area contributed by atoms with Gasteiger partial charge in [0.25, 0.3) is 5.91 Å². The van der Waals surface area contributed by atoms with E-state index >= 15 is 0 Å². The fourth-order valence-electron chi connectivity index (χ4n) is 1.96. The van der Waals surface area contributed by atoms with Gasteiger partial charge in [-0.3, -0.25) is 4.79 Å². The second-order valence-electron chi connectivity index (χ2n) is 4.83. The van der Waals surface area contributed by atoms with Crippen molar-refractivity contribution in [1.29, 1.82) is 0 Å². The first-order valence-corrected chi connectivity index (χ1v) is 7.20. The van der Waals surface area contributed by atoms with Gasteiger partial charge in [-0.05, 0) is 42.0 Å². The van der Waals surface area contributed by atoms with Gasteiger partial charge in [0.05, 0.1) is 11.9 Å². The summed E-state index contributed by atoms with van der Waals surface area (Å²) in [6, 6.07) is 12.9. The Bertz CT molecular complexity index is 815. The van der Waals surface area contributed by atoms with E-state index in [1.165, 1.54) is 23.0 Å². The number of hydrogen-bond donors (Lipinski definition) is 1. The van der Waals surface area contributed by atoms with Crippen LogP contribution in [0.4, 0.5) is 4.39 Å². The molecule has 2 aromatic carbocycles. The van der Waals surface area contributed by atoms with Gasteiger partial charge in [-0.2, -0.15) is 0 Å². The highest BCUT2D eigenvalue weighted by Crippen LogP contribution is 2.12. The fourth-order valence-corrected chi connectivity index (χ4v) is 2.09. The standard InChI is InChI=1S/C16H12ClFN4O/c17-12-3-7-14(8-4-12)22-10-15(20-21-22)16(23)19-9-11-1-5-13(18)6-2-11/h1-8,10H,9H2,(H,19,23). The third-order valence-electron chi connectivity index (χ3n) is 3.18. The molecule has 0 aliphatic heterocycles. The first-order chi connectivity index (χ1) is 11.1. The van der Waals surface area contributed by atoms with E-state index in [1.807, 2.05) is 0 Å². The summed E-state index contributed by atoms with van der Waals surface area (Å²) in [5, 5.41) is 11.1. The number of benzene rings is 2. The molecule has 1 aromatic heterocycles. The lowest BCUT2D eigenvalue weighted by atomic mass is 10.2. The molecule has 1 amide bonds. The highest BCUT2D eigenvalue weighted by atomic mass is 35.5. The molecule has 0 aliphatic rings. The van der Waals surface area contributed by atoms with Crippen molar-refractivity contribution in [2.45, 2.75) is 6.54 Å². The number of carbonyl (C=O) groups is 1. The van der Waals surface area contributed by atoms with E-state index in [0.29, 0.717) is 5.02 Å². The molecule has 1 heterocycles. The van der Waals surface area contributed by atoms with Gasteiger partial charge in [0.2, 0.25) is 0 Å². The lowest BCUT2D eigenvalue weighted by Gasteiger charge is -2.03. The molecule has 3 rings (SSSR count). The largest absolute Gasteiger partial charge is 0.347 e. The smallest absolute Gasteiger partial charge is 0.273 e. The molecule has 23 heavy (non-hydrogen) atoms. The van der Waals surface area contributed by atoms with Crippen LogP contribution in [0.5, 0.6) is 0 Å². The molecule has 0 spiro atoms. The van der Waals surface area contributed by atoms with E-state index < -0.39 is 0 Å². The Kier molecular flexibility index (Phi) is 4.34. The molecule has 116 valence electrons. The maximum Gasteiger partial charge on any atom is 0.273 e. The second-order valence-corrected chi connectivity index (χ2v) is 5.27. The molecule has 1 N–H and O–H groups in total. The summed E-state index contributed by atoms with van der Waals surface area (Å²) in [5.74, 6) is -0.666. The lowest BCUT2D eigenvalue weighted by Crippen LogP contribution is -2.23.